The molecule has 26 aromatic rings. The zero-order valence-electron chi connectivity index (χ0n) is 84.5. The Morgan fingerprint density at radius 3 is 1.16 bits per heavy atom. The van der Waals surface area contributed by atoms with E-state index in [4.69, 9.17) is 8.83 Å². The maximum absolute atomic E-state index is 5.78. The second kappa shape index (κ2) is 44.3. The lowest BCUT2D eigenvalue weighted by molar-refractivity contribution is 0.660. The number of nitrogens with zero attached hydrogens (tertiary/aromatic N) is 1. The van der Waals surface area contributed by atoms with Crippen molar-refractivity contribution in [3.63, 3.8) is 0 Å². The molecule has 0 atom stereocenters. The van der Waals surface area contributed by atoms with Crippen molar-refractivity contribution in [2.24, 2.45) is 7.05 Å². The smallest absolute Gasteiger partial charge is 0.138 e. The molecule has 0 N–H and O–H groups in total. The molecule has 0 aliphatic heterocycles. The quantitative estimate of drug-likeness (QED) is 0.176. The van der Waals surface area contributed by atoms with Gasteiger partial charge < -0.3 is 13.4 Å². The van der Waals surface area contributed by atoms with E-state index in [-0.39, 0.29) is 10.8 Å². The van der Waals surface area contributed by atoms with E-state index in [1.165, 1.54) is 212 Å². The SMILES string of the molecule is Cc1ccc(-c2ccccc2)cc1.Cc1ccc2c(c1)C(C)(C)c1ccccc1-2.Cc1ccc2c(c1)C(c1ccccc1)(c1ccccc1)c1ccccc1-2.Cc1ccc2oc3ccccc3c2c1.Cc1ccc2sc3ccccc3c2c1.Cc1cccc2c1oc1ccccc12.Cc1cccc2c1sc1ccccc12.Cc1ccccc1.Cc1ccccc1-c1ccccc1.Cn1c2ccccc2c2ccccc21. The van der Waals surface area contributed by atoms with Crippen LogP contribution in [0.3, 0.4) is 0 Å². The van der Waals surface area contributed by atoms with Gasteiger partial charge in [0.05, 0.1) is 5.41 Å². The van der Waals surface area contributed by atoms with Gasteiger partial charge in [0, 0.05) is 96.2 Å². The van der Waals surface area contributed by atoms with E-state index < -0.39 is 0 Å². The number of para-hydroxylation sites is 5. The molecule has 5 aromatic heterocycles. The third-order valence-electron chi connectivity index (χ3n) is 27.8. The summed E-state index contributed by atoms with van der Waals surface area (Å²) in [5.41, 5.74) is 37.2. The molecule has 0 bridgehead atoms. The number of thiophene rings is 2. The molecule has 0 radical (unpaired) electrons. The predicted octanol–water partition coefficient (Wildman–Crippen LogP) is 39.8. The Hall–Kier alpha value is -16.5. The molecule has 2 aliphatic rings. The minimum absolute atomic E-state index is 0.151. The van der Waals surface area contributed by atoms with Crippen molar-refractivity contribution in [2.45, 2.75) is 87.0 Å². The van der Waals surface area contributed by atoms with Gasteiger partial charge >= 0.3 is 0 Å². The van der Waals surface area contributed by atoms with Gasteiger partial charge in [-0.3, -0.25) is 0 Å². The van der Waals surface area contributed by atoms with Crippen molar-refractivity contribution >= 4 is 129 Å². The van der Waals surface area contributed by atoms with Crippen molar-refractivity contribution in [1.29, 1.82) is 0 Å². The molecule has 0 unspecified atom stereocenters. The molecule has 3 nitrogen and oxygen atoms in total. The van der Waals surface area contributed by atoms with Gasteiger partial charge in [-0.25, -0.2) is 0 Å². The third kappa shape index (κ3) is 21.1. The zero-order valence-corrected chi connectivity index (χ0v) is 86.1. The van der Waals surface area contributed by atoms with Crippen LogP contribution >= 0.6 is 22.7 Å². The minimum atomic E-state index is -0.263. The highest BCUT2D eigenvalue weighted by atomic mass is 32.1. The Balaban J connectivity index is 0.000000103. The summed E-state index contributed by atoms with van der Waals surface area (Å²) in [6.07, 6.45) is 0. The summed E-state index contributed by atoms with van der Waals surface area (Å²) in [4.78, 5) is 0. The van der Waals surface area contributed by atoms with Crippen molar-refractivity contribution in [3.05, 3.63) is 587 Å². The van der Waals surface area contributed by atoms with Gasteiger partial charge in [-0.1, -0.05) is 490 Å². The second-order valence-corrected chi connectivity index (χ2v) is 40.4. The molecule has 28 rings (SSSR count). The molecule has 145 heavy (non-hydrogen) atoms. The zero-order chi connectivity index (χ0) is 99.9. The molecular weight excluding hydrogens is 1790 g/mol. The molecule has 0 saturated heterocycles. The summed E-state index contributed by atoms with van der Waals surface area (Å²) in [5.74, 6) is 0. The fourth-order valence-electron chi connectivity index (χ4n) is 20.4. The molecule has 0 saturated carbocycles. The largest absolute Gasteiger partial charge is 0.456 e. The number of hydrogen-bond acceptors (Lipinski definition) is 4. The Morgan fingerprint density at radius 2 is 0.572 bits per heavy atom. The third-order valence-corrected chi connectivity index (χ3v) is 30.2. The van der Waals surface area contributed by atoms with Gasteiger partial charge in [-0.15, -0.1) is 22.7 Å². The van der Waals surface area contributed by atoms with Gasteiger partial charge in [-0.2, -0.15) is 0 Å². The molecule has 2 aliphatic carbocycles. The van der Waals surface area contributed by atoms with Crippen LogP contribution in [0.25, 0.3) is 151 Å². The molecule has 0 spiro atoms. The van der Waals surface area contributed by atoms with Crippen molar-refractivity contribution in [1.82, 2.24) is 4.57 Å². The van der Waals surface area contributed by atoms with E-state index in [9.17, 15) is 0 Å². The fourth-order valence-corrected chi connectivity index (χ4v) is 22.6. The summed E-state index contributed by atoms with van der Waals surface area (Å²) in [6.45, 7) is 23.8. The van der Waals surface area contributed by atoms with Crippen LogP contribution in [0.15, 0.2) is 512 Å². The second-order valence-electron chi connectivity index (χ2n) is 38.3. The number of aryl methyl sites for hydroxylation is 10. The summed E-state index contributed by atoms with van der Waals surface area (Å²) >= 11 is 3.76. The lowest BCUT2D eigenvalue weighted by Gasteiger charge is -2.34. The van der Waals surface area contributed by atoms with E-state index in [0.717, 1.165) is 22.3 Å². The number of aromatic nitrogens is 1. The van der Waals surface area contributed by atoms with Crippen LogP contribution in [0.1, 0.15) is 97.3 Å². The lowest BCUT2D eigenvalue weighted by atomic mass is 9.67. The van der Waals surface area contributed by atoms with Crippen LogP contribution in [0, 0.1) is 62.3 Å². The number of rotatable bonds is 4. The van der Waals surface area contributed by atoms with Crippen molar-refractivity contribution in [3.8, 4) is 44.5 Å². The molecule has 5 heteroatoms. The van der Waals surface area contributed by atoms with Crippen molar-refractivity contribution < 1.29 is 8.83 Å². The first-order chi connectivity index (χ1) is 70.8. The molecular formula is C140H119NO2S2. The first-order valence-electron chi connectivity index (χ1n) is 50.0. The minimum Gasteiger partial charge on any atom is -0.456 e. The van der Waals surface area contributed by atoms with Crippen molar-refractivity contribution in [2.75, 3.05) is 0 Å². The van der Waals surface area contributed by atoms with Crippen LogP contribution in [-0.2, 0) is 17.9 Å². The summed E-state index contributed by atoms with van der Waals surface area (Å²) in [5, 5.41) is 13.1. The summed E-state index contributed by atoms with van der Waals surface area (Å²) in [7, 11) is 2.12. The van der Waals surface area contributed by atoms with E-state index in [1.807, 2.05) is 95.5 Å². The Kier molecular flexibility index (Phi) is 29.7. The van der Waals surface area contributed by atoms with E-state index in [2.05, 4.69) is 518 Å². The van der Waals surface area contributed by atoms with Crippen LogP contribution in [-0.4, -0.2) is 4.57 Å². The predicted molar refractivity (Wildman–Crippen MR) is 627 cm³/mol. The highest BCUT2D eigenvalue weighted by Gasteiger charge is 2.46. The first kappa shape index (κ1) is 97.3. The maximum atomic E-state index is 5.78. The summed E-state index contributed by atoms with van der Waals surface area (Å²) < 4.78 is 19.3. The fraction of sp³-hybridized carbons (Fsp3) is 0.100. The average Bonchev–Trinajstić information content (AvgIpc) is 1.54. The molecule has 0 amide bonds. The number of fused-ring (bicyclic) bond motifs is 21. The number of furan rings is 2. The normalized spacial score (nSPS) is 11.8. The highest BCUT2D eigenvalue weighted by Crippen LogP contribution is 2.57. The Bertz CT molecular complexity index is 8590. The Morgan fingerprint density at radius 1 is 0.207 bits per heavy atom. The van der Waals surface area contributed by atoms with Gasteiger partial charge in [0.25, 0.3) is 0 Å². The van der Waals surface area contributed by atoms with Gasteiger partial charge in [0.1, 0.15) is 22.3 Å². The lowest BCUT2D eigenvalue weighted by Crippen LogP contribution is -2.28. The van der Waals surface area contributed by atoms with E-state index in [1.54, 1.807) is 0 Å². The average molecular weight is 1910 g/mol. The monoisotopic (exact) mass is 1910 g/mol. The standard InChI is InChI=1S/C26H20.C16H16.C13H11N.2C13H10O.2C13H10S.2C13H12.C7H8/c1-19-16-17-23-22-14-8-9-15-24(22)26(25(23)18-19,20-10-4-2-5-11-20)21-12-6-3-7-13-21;1-11-8-9-13-12-6-4-5-7-14(12)16(2,3)15(13)10-11;1-14-12-8-4-2-6-10(12)11-7-3-5-9-13(11)14;1-9-5-4-7-11-10-6-2-3-8-12(10)14-13(9)11;1-9-6-7-13-11(8-9)10-4-2-3-5-12(10)14-13;1-9-5-4-7-11-10-6-2-3-8-12(10)14-13(9)11;1-9-6-7-13-11(8-9)10-4-2-3-5-12(10)14-13;1-11-7-5-6-10-13(11)12-8-3-2-4-9-12;1-11-7-9-13(10-8-11)12-5-3-2-4-6-12;1-7-5-3-2-4-6-7/h2-18H,1H3;4-10H,1-3H3;2-9H,1H3;4*2-8H,1H3;2*2-10H,1H3;2-6H,1H3. The molecule has 21 aromatic carbocycles. The first-order valence-corrected chi connectivity index (χ1v) is 51.7. The topological polar surface area (TPSA) is 31.2 Å². The number of hydrogen-bond donors (Lipinski definition) is 0. The molecule has 708 valence electrons. The van der Waals surface area contributed by atoms with Crippen LogP contribution in [0.5, 0.6) is 0 Å². The van der Waals surface area contributed by atoms with Crippen LogP contribution in [0.2, 0.25) is 0 Å². The van der Waals surface area contributed by atoms with E-state index in [0.29, 0.717) is 0 Å². The maximum Gasteiger partial charge on any atom is 0.138 e. The number of benzene rings is 21. The highest BCUT2D eigenvalue weighted by molar-refractivity contribution is 7.26. The van der Waals surface area contributed by atoms with Gasteiger partial charge in [0.15, 0.2) is 0 Å². The van der Waals surface area contributed by atoms with Gasteiger partial charge in [-0.05, 0) is 218 Å². The molecule has 0 fully saturated rings. The van der Waals surface area contributed by atoms with E-state index >= 15 is 0 Å². The van der Waals surface area contributed by atoms with Crippen LogP contribution < -0.4 is 0 Å². The van der Waals surface area contributed by atoms with Gasteiger partial charge in [0.2, 0.25) is 0 Å². The Labute approximate surface area is 861 Å². The summed E-state index contributed by atoms with van der Waals surface area (Å²) in [6, 6.07) is 178. The molecule has 5 heterocycles. The van der Waals surface area contributed by atoms with Crippen LogP contribution in [0.4, 0.5) is 0 Å².